The van der Waals surface area contributed by atoms with Crippen molar-refractivity contribution in [2.45, 2.75) is 19.0 Å². The number of hydrogen-bond acceptors (Lipinski definition) is 0. The highest BCUT2D eigenvalue weighted by Crippen LogP contribution is 2.32. The van der Waals surface area contributed by atoms with Crippen molar-refractivity contribution >= 4 is 15.9 Å². The lowest BCUT2D eigenvalue weighted by atomic mass is 10.1. The van der Waals surface area contributed by atoms with E-state index < -0.39 is 11.7 Å². The number of rotatable bonds is 2. The molecule has 4 heteroatoms. The van der Waals surface area contributed by atoms with E-state index in [1.807, 2.05) is 0 Å². The molecule has 0 saturated carbocycles. The first kappa shape index (κ1) is 12.1. The topological polar surface area (TPSA) is 0 Å². The van der Waals surface area contributed by atoms with Crippen LogP contribution in [0.5, 0.6) is 0 Å². The first-order chi connectivity index (χ1) is 6.93. The Kier molecular flexibility index (Phi) is 3.81. The molecule has 0 aliphatic rings. The molecule has 0 amide bonds. The van der Waals surface area contributed by atoms with Crippen LogP contribution in [0.1, 0.15) is 17.5 Å². The fraction of sp³-hybridized carbons (Fsp3) is 0.273. The van der Waals surface area contributed by atoms with Crippen LogP contribution in [0.25, 0.3) is 0 Å². The van der Waals surface area contributed by atoms with Gasteiger partial charge in [-0.05, 0) is 30.2 Å². The summed E-state index contributed by atoms with van der Waals surface area (Å²) in [4.78, 5) is 0. The van der Waals surface area contributed by atoms with Crippen molar-refractivity contribution in [3.05, 3.63) is 33.8 Å². The summed E-state index contributed by atoms with van der Waals surface area (Å²) in [6, 6.07) is 3.83. The molecular weight excluding hydrogens is 269 g/mol. The highest BCUT2D eigenvalue weighted by atomic mass is 79.9. The Hall–Kier alpha value is -0.950. The van der Waals surface area contributed by atoms with Crippen LogP contribution in [-0.4, -0.2) is 0 Å². The number of alkyl halides is 3. The van der Waals surface area contributed by atoms with Crippen LogP contribution in [0.15, 0.2) is 22.7 Å². The lowest BCUT2D eigenvalue weighted by Gasteiger charge is -2.09. The van der Waals surface area contributed by atoms with Gasteiger partial charge in [0.15, 0.2) is 0 Å². The van der Waals surface area contributed by atoms with Gasteiger partial charge in [-0.2, -0.15) is 13.2 Å². The normalized spacial score (nSPS) is 11.1. The molecule has 0 nitrogen and oxygen atoms in total. The molecule has 1 aromatic carbocycles. The molecule has 0 bridgehead atoms. The van der Waals surface area contributed by atoms with Gasteiger partial charge in [0, 0.05) is 10.9 Å². The fourth-order valence-electron chi connectivity index (χ4n) is 1.17. The van der Waals surface area contributed by atoms with Gasteiger partial charge in [0.25, 0.3) is 0 Å². The summed E-state index contributed by atoms with van der Waals surface area (Å²) in [5.41, 5.74) is -0.0569. The van der Waals surface area contributed by atoms with Crippen molar-refractivity contribution in [1.29, 1.82) is 0 Å². The molecule has 0 radical (unpaired) electrons. The van der Waals surface area contributed by atoms with Gasteiger partial charge in [0.1, 0.15) is 0 Å². The first-order valence-corrected chi connectivity index (χ1v) is 5.03. The third-order valence-corrected chi connectivity index (χ3v) is 2.30. The Labute approximate surface area is 94.6 Å². The lowest BCUT2D eigenvalue weighted by Crippen LogP contribution is -2.05. The minimum absolute atomic E-state index is 0.421. The quantitative estimate of drug-likeness (QED) is 0.716. The minimum Gasteiger partial charge on any atom is -0.166 e. The zero-order chi connectivity index (χ0) is 11.5. The summed E-state index contributed by atoms with van der Waals surface area (Å²) in [6.07, 6.45) is 1.64. The van der Waals surface area contributed by atoms with Crippen LogP contribution in [0.3, 0.4) is 0 Å². The highest BCUT2D eigenvalue weighted by molar-refractivity contribution is 9.10. The molecular formula is C11H8BrF3. The standard InChI is InChI=1S/C11H8BrF3/c1-2-3-4-8-5-9(11(13,14)15)7-10(12)6-8/h1,5-7H,3-4H2. The molecule has 0 N–H and O–H groups in total. The van der Waals surface area contributed by atoms with E-state index in [1.165, 1.54) is 0 Å². The summed E-state index contributed by atoms with van der Waals surface area (Å²) < 4.78 is 37.6. The van der Waals surface area contributed by atoms with Crippen molar-refractivity contribution < 1.29 is 13.2 Å². The molecule has 0 aliphatic carbocycles. The highest BCUT2D eigenvalue weighted by Gasteiger charge is 2.30. The second-order valence-corrected chi connectivity index (χ2v) is 3.97. The van der Waals surface area contributed by atoms with E-state index in [0.717, 1.165) is 12.1 Å². The molecule has 0 atom stereocenters. The fourth-order valence-corrected chi connectivity index (χ4v) is 1.72. The molecule has 1 aromatic rings. The van der Waals surface area contributed by atoms with E-state index in [4.69, 9.17) is 6.42 Å². The van der Waals surface area contributed by atoms with Crippen LogP contribution in [0.2, 0.25) is 0 Å². The van der Waals surface area contributed by atoms with Crippen molar-refractivity contribution in [2.75, 3.05) is 0 Å². The number of benzene rings is 1. The van der Waals surface area contributed by atoms with Gasteiger partial charge in [0.2, 0.25) is 0 Å². The van der Waals surface area contributed by atoms with Crippen LogP contribution in [0.4, 0.5) is 13.2 Å². The van der Waals surface area contributed by atoms with Gasteiger partial charge in [-0.1, -0.05) is 15.9 Å². The maximum atomic E-state index is 12.4. The van der Waals surface area contributed by atoms with Crippen LogP contribution < -0.4 is 0 Å². The largest absolute Gasteiger partial charge is 0.416 e. The molecule has 0 fully saturated rings. The number of aryl methyl sites for hydroxylation is 1. The van der Waals surface area contributed by atoms with E-state index in [2.05, 4.69) is 21.9 Å². The second kappa shape index (κ2) is 4.71. The smallest absolute Gasteiger partial charge is 0.166 e. The summed E-state index contributed by atoms with van der Waals surface area (Å²) in [5, 5.41) is 0. The average molecular weight is 277 g/mol. The zero-order valence-electron chi connectivity index (χ0n) is 7.74. The monoisotopic (exact) mass is 276 g/mol. The average Bonchev–Trinajstić information content (AvgIpc) is 2.12. The van der Waals surface area contributed by atoms with E-state index in [0.29, 0.717) is 22.9 Å². The van der Waals surface area contributed by atoms with Crippen LogP contribution in [-0.2, 0) is 12.6 Å². The van der Waals surface area contributed by atoms with Gasteiger partial charge in [-0.25, -0.2) is 0 Å². The molecule has 0 aromatic heterocycles. The Morgan fingerprint density at radius 1 is 1.27 bits per heavy atom. The van der Waals surface area contributed by atoms with Crippen LogP contribution >= 0.6 is 15.9 Å². The second-order valence-electron chi connectivity index (χ2n) is 3.05. The van der Waals surface area contributed by atoms with Gasteiger partial charge in [-0.15, -0.1) is 12.3 Å². The molecule has 0 aliphatic heterocycles. The van der Waals surface area contributed by atoms with E-state index >= 15 is 0 Å². The Balaban J connectivity index is 3.01. The minimum atomic E-state index is -4.31. The summed E-state index contributed by atoms with van der Waals surface area (Å²) in [5.74, 6) is 2.40. The maximum Gasteiger partial charge on any atom is 0.416 e. The molecule has 80 valence electrons. The molecule has 0 saturated heterocycles. The third kappa shape index (κ3) is 3.60. The molecule has 15 heavy (non-hydrogen) atoms. The van der Waals surface area contributed by atoms with Crippen molar-refractivity contribution in [3.8, 4) is 12.3 Å². The Morgan fingerprint density at radius 3 is 2.47 bits per heavy atom. The Bertz CT molecular complexity index is 388. The number of halogens is 4. The van der Waals surface area contributed by atoms with Crippen molar-refractivity contribution in [1.82, 2.24) is 0 Å². The molecule has 1 rings (SSSR count). The van der Waals surface area contributed by atoms with E-state index in [-0.39, 0.29) is 0 Å². The van der Waals surface area contributed by atoms with E-state index in [1.54, 1.807) is 6.07 Å². The lowest BCUT2D eigenvalue weighted by molar-refractivity contribution is -0.137. The SMILES string of the molecule is C#CCCc1cc(Br)cc(C(F)(F)F)c1. The van der Waals surface area contributed by atoms with Gasteiger partial charge in [0.05, 0.1) is 5.56 Å². The maximum absolute atomic E-state index is 12.4. The summed E-state index contributed by atoms with van der Waals surface area (Å²) >= 11 is 3.05. The van der Waals surface area contributed by atoms with Gasteiger partial charge >= 0.3 is 6.18 Å². The zero-order valence-corrected chi connectivity index (χ0v) is 9.32. The summed E-state index contributed by atoms with van der Waals surface area (Å²) in [6.45, 7) is 0. The number of terminal acetylenes is 1. The van der Waals surface area contributed by atoms with E-state index in [9.17, 15) is 13.2 Å². The molecule has 0 unspecified atom stereocenters. The first-order valence-electron chi connectivity index (χ1n) is 4.23. The molecule has 0 heterocycles. The summed E-state index contributed by atoms with van der Waals surface area (Å²) in [7, 11) is 0. The van der Waals surface area contributed by atoms with Crippen molar-refractivity contribution in [2.24, 2.45) is 0 Å². The van der Waals surface area contributed by atoms with Crippen LogP contribution in [0, 0.1) is 12.3 Å². The molecule has 0 spiro atoms. The predicted octanol–water partition coefficient (Wildman–Crippen LogP) is 4.03. The Morgan fingerprint density at radius 2 is 1.93 bits per heavy atom. The number of hydrogen-bond donors (Lipinski definition) is 0. The third-order valence-electron chi connectivity index (χ3n) is 1.84. The predicted molar refractivity (Wildman–Crippen MR) is 56.3 cm³/mol. The van der Waals surface area contributed by atoms with Gasteiger partial charge in [-0.3, -0.25) is 0 Å². The van der Waals surface area contributed by atoms with Crippen molar-refractivity contribution in [3.63, 3.8) is 0 Å². The van der Waals surface area contributed by atoms with Gasteiger partial charge < -0.3 is 0 Å².